The highest BCUT2D eigenvalue weighted by atomic mass is 16.3. The summed E-state index contributed by atoms with van der Waals surface area (Å²) in [6.07, 6.45) is 2.76. The fourth-order valence-corrected chi connectivity index (χ4v) is 1.61. The number of nitrogens with two attached hydrogens (primary N) is 1. The van der Waals surface area contributed by atoms with Crippen LogP contribution in [0.25, 0.3) is 0 Å². The van der Waals surface area contributed by atoms with E-state index in [2.05, 4.69) is 18.7 Å². The molecule has 1 aromatic rings. The Balaban J connectivity index is 2.46. The molecule has 1 aromatic heterocycles. The Bertz CT molecular complexity index is 233. The van der Waals surface area contributed by atoms with E-state index < -0.39 is 0 Å². The molecule has 0 radical (unpaired) electrons. The van der Waals surface area contributed by atoms with Gasteiger partial charge in [-0.3, -0.25) is 4.90 Å². The zero-order valence-corrected chi connectivity index (χ0v) is 9.07. The van der Waals surface area contributed by atoms with Crippen molar-refractivity contribution in [2.75, 3.05) is 13.1 Å². The number of furan rings is 1. The Morgan fingerprint density at radius 3 is 2.86 bits per heavy atom. The first kappa shape index (κ1) is 11.3. The van der Waals surface area contributed by atoms with Gasteiger partial charge in [-0.1, -0.05) is 6.92 Å². The third kappa shape index (κ3) is 3.16. The van der Waals surface area contributed by atoms with Crippen molar-refractivity contribution in [1.82, 2.24) is 4.90 Å². The van der Waals surface area contributed by atoms with E-state index in [1.165, 1.54) is 0 Å². The summed E-state index contributed by atoms with van der Waals surface area (Å²) >= 11 is 0. The van der Waals surface area contributed by atoms with E-state index in [0.29, 0.717) is 6.04 Å². The molecule has 0 amide bonds. The fraction of sp³-hybridized carbons (Fsp3) is 0.636. The van der Waals surface area contributed by atoms with Gasteiger partial charge in [-0.05, 0) is 38.6 Å². The first-order valence-corrected chi connectivity index (χ1v) is 5.24. The molecule has 0 aliphatic rings. The van der Waals surface area contributed by atoms with Gasteiger partial charge in [0.2, 0.25) is 0 Å². The molecule has 1 heterocycles. The molecule has 2 N–H and O–H groups in total. The second-order valence-corrected chi connectivity index (χ2v) is 3.57. The van der Waals surface area contributed by atoms with E-state index in [1.54, 1.807) is 6.26 Å². The molecule has 0 aliphatic carbocycles. The van der Waals surface area contributed by atoms with Crippen LogP contribution in [0.15, 0.2) is 22.8 Å². The van der Waals surface area contributed by atoms with E-state index in [9.17, 15) is 0 Å². The van der Waals surface area contributed by atoms with E-state index in [-0.39, 0.29) is 0 Å². The molecule has 3 heteroatoms. The average molecular weight is 196 g/mol. The summed E-state index contributed by atoms with van der Waals surface area (Å²) in [5, 5.41) is 0. The first-order valence-electron chi connectivity index (χ1n) is 5.24. The van der Waals surface area contributed by atoms with Crippen LogP contribution < -0.4 is 5.73 Å². The van der Waals surface area contributed by atoms with Crippen molar-refractivity contribution in [3.05, 3.63) is 24.2 Å². The van der Waals surface area contributed by atoms with Crippen molar-refractivity contribution in [3.63, 3.8) is 0 Å². The van der Waals surface area contributed by atoms with Crippen LogP contribution in [0, 0.1) is 0 Å². The minimum Gasteiger partial charge on any atom is -0.468 e. The maximum Gasteiger partial charge on any atom is 0.117 e. The van der Waals surface area contributed by atoms with Gasteiger partial charge >= 0.3 is 0 Å². The Kier molecular flexibility index (Phi) is 4.70. The Morgan fingerprint density at radius 1 is 1.57 bits per heavy atom. The fourth-order valence-electron chi connectivity index (χ4n) is 1.61. The molecular formula is C11H20N2O. The van der Waals surface area contributed by atoms with Crippen molar-refractivity contribution >= 4 is 0 Å². The number of hydrogen-bond acceptors (Lipinski definition) is 3. The van der Waals surface area contributed by atoms with E-state index >= 15 is 0 Å². The minimum absolute atomic E-state index is 0.523. The maximum atomic E-state index is 5.55. The first-order chi connectivity index (χ1) is 6.77. The predicted octanol–water partition coefficient (Wildman–Crippen LogP) is 1.84. The molecule has 0 saturated carbocycles. The molecule has 14 heavy (non-hydrogen) atoms. The van der Waals surface area contributed by atoms with Crippen molar-refractivity contribution < 1.29 is 4.42 Å². The van der Waals surface area contributed by atoms with Gasteiger partial charge in [0, 0.05) is 6.04 Å². The summed E-state index contributed by atoms with van der Waals surface area (Å²) < 4.78 is 5.32. The van der Waals surface area contributed by atoms with Crippen molar-refractivity contribution in [2.24, 2.45) is 5.73 Å². The van der Waals surface area contributed by atoms with Crippen LogP contribution in [0.2, 0.25) is 0 Å². The van der Waals surface area contributed by atoms with E-state index in [1.807, 2.05) is 12.1 Å². The zero-order chi connectivity index (χ0) is 10.4. The molecule has 0 aliphatic heterocycles. The number of hydrogen-bond donors (Lipinski definition) is 1. The molecule has 0 fully saturated rings. The SMILES string of the molecule is CCN(Cc1ccco1)C(C)CCN. The summed E-state index contributed by atoms with van der Waals surface area (Å²) in [5.74, 6) is 1.02. The molecule has 0 bridgehead atoms. The molecular weight excluding hydrogens is 176 g/mol. The Hall–Kier alpha value is -0.800. The molecule has 0 spiro atoms. The highest BCUT2D eigenvalue weighted by Gasteiger charge is 2.12. The predicted molar refractivity (Wildman–Crippen MR) is 57.9 cm³/mol. The highest BCUT2D eigenvalue weighted by molar-refractivity contribution is 4.98. The quantitative estimate of drug-likeness (QED) is 0.755. The molecule has 0 aromatic carbocycles. The number of rotatable bonds is 6. The van der Waals surface area contributed by atoms with Crippen LogP contribution in [0.4, 0.5) is 0 Å². The third-order valence-electron chi connectivity index (χ3n) is 2.55. The van der Waals surface area contributed by atoms with Gasteiger partial charge in [-0.25, -0.2) is 0 Å². The second kappa shape index (κ2) is 5.83. The highest BCUT2D eigenvalue weighted by Crippen LogP contribution is 2.10. The largest absolute Gasteiger partial charge is 0.468 e. The standard InChI is InChI=1S/C11H20N2O/c1-3-13(10(2)6-7-12)9-11-5-4-8-14-11/h4-5,8,10H,3,6-7,9,12H2,1-2H3. The lowest BCUT2D eigenvalue weighted by Crippen LogP contribution is -2.33. The topological polar surface area (TPSA) is 42.4 Å². The van der Waals surface area contributed by atoms with E-state index in [0.717, 1.165) is 31.8 Å². The zero-order valence-electron chi connectivity index (χ0n) is 9.07. The average Bonchev–Trinajstić information content (AvgIpc) is 2.66. The monoisotopic (exact) mass is 196 g/mol. The molecule has 1 rings (SSSR count). The van der Waals surface area contributed by atoms with Gasteiger partial charge < -0.3 is 10.2 Å². The molecule has 80 valence electrons. The summed E-state index contributed by atoms with van der Waals surface area (Å²) in [4.78, 5) is 2.37. The van der Waals surface area contributed by atoms with E-state index in [4.69, 9.17) is 10.2 Å². The number of nitrogens with zero attached hydrogens (tertiary/aromatic N) is 1. The van der Waals surface area contributed by atoms with Crippen LogP contribution in [0.3, 0.4) is 0 Å². The summed E-state index contributed by atoms with van der Waals surface area (Å²) in [5.41, 5.74) is 5.55. The molecule has 0 saturated heterocycles. The van der Waals surface area contributed by atoms with Gasteiger partial charge in [0.25, 0.3) is 0 Å². The van der Waals surface area contributed by atoms with Gasteiger partial charge in [0.15, 0.2) is 0 Å². The van der Waals surface area contributed by atoms with Crippen molar-refractivity contribution in [3.8, 4) is 0 Å². The lowest BCUT2D eigenvalue weighted by molar-refractivity contribution is 0.188. The maximum absolute atomic E-state index is 5.55. The lowest BCUT2D eigenvalue weighted by atomic mass is 10.2. The lowest BCUT2D eigenvalue weighted by Gasteiger charge is -2.26. The van der Waals surface area contributed by atoms with Crippen molar-refractivity contribution in [1.29, 1.82) is 0 Å². The van der Waals surface area contributed by atoms with Crippen LogP contribution in [0.5, 0.6) is 0 Å². The Morgan fingerprint density at radius 2 is 2.36 bits per heavy atom. The minimum atomic E-state index is 0.523. The normalized spacial score (nSPS) is 13.4. The Labute approximate surface area is 85.9 Å². The van der Waals surface area contributed by atoms with Crippen LogP contribution in [-0.2, 0) is 6.54 Å². The summed E-state index contributed by atoms with van der Waals surface area (Å²) in [6, 6.07) is 4.46. The summed E-state index contributed by atoms with van der Waals surface area (Å²) in [7, 11) is 0. The molecule has 1 unspecified atom stereocenters. The van der Waals surface area contributed by atoms with Crippen LogP contribution in [0.1, 0.15) is 26.0 Å². The van der Waals surface area contributed by atoms with Gasteiger partial charge in [0.05, 0.1) is 12.8 Å². The van der Waals surface area contributed by atoms with Gasteiger partial charge in [-0.2, -0.15) is 0 Å². The molecule has 1 atom stereocenters. The summed E-state index contributed by atoms with van der Waals surface area (Å²) in [6.45, 7) is 7.03. The third-order valence-corrected chi connectivity index (χ3v) is 2.55. The van der Waals surface area contributed by atoms with Gasteiger partial charge in [0.1, 0.15) is 5.76 Å². The van der Waals surface area contributed by atoms with Gasteiger partial charge in [-0.15, -0.1) is 0 Å². The molecule has 3 nitrogen and oxygen atoms in total. The van der Waals surface area contributed by atoms with Crippen LogP contribution in [-0.4, -0.2) is 24.0 Å². The second-order valence-electron chi connectivity index (χ2n) is 3.57. The smallest absolute Gasteiger partial charge is 0.117 e. The van der Waals surface area contributed by atoms with Crippen LogP contribution >= 0.6 is 0 Å². The van der Waals surface area contributed by atoms with Crippen molar-refractivity contribution in [2.45, 2.75) is 32.9 Å².